The van der Waals surface area contributed by atoms with Crippen molar-refractivity contribution in [1.29, 1.82) is 0 Å². The summed E-state index contributed by atoms with van der Waals surface area (Å²) in [5, 5.41) is 3.52. The molecule has 2 saturated heterocycles. The molecule has 2 aliphatic heterocycles. The minimum Gasteiger partial charge on any atom is -0.381 e. The van der Waals surface area contributed by atoms with Gasteiger partial charge in [-0.1, -0.05) is 6.92 Å². The molecule has 94 valence electrons. The van der Waals surface area contributed by atoms with Gasteiger partial charge in [-0.15, -0.1) is 0 Å². The molecular weight excluding hydrogens is 200 g/mol. The van der Waals surface area contributed by atoms with Gasteiger partial charge in [0.25, 0.3) is 0 Å². The fourth-order valence-electron chi connectivity index (χ4n) is 3.00. The quantitative estimate of drug-likeness (QED) is 0.786. The van der Waals surface area contributed by atoms with Crippen LogP contribution in [0.25, 0.3) is 0 Å². The summed E-state index contributed by atoms with van der Waals surface area (Å²) in [6.07, 6.45) is 5.23. The highest BCUT2D eigenvalue weighted by Crippen LogP contribution is 2.18. The fraction of sp³-hybridized carbons (Fsp3) is 1.00. The van der Waals surface area contributed by atoms with Gasteiger partial charge < -0.3 is 15.0 Å². The fourth-order valence-corrected chi connectivity index (χ4v) is 3.00. The lowest BCUT2D eigenvalue weighted by Gasteiger charge is -2.37. The molecule has 0 radical (unpaired) electrons. The molecule has 2 aliphatic rings. The largest absolute Gasteiger partial charge is 0.381 e. The third-order valence-electron chi connectivity index (χ3n) is 4.01. The van der Waals surface area contributed by atoms with Crippen LogP contribution in [0.5, 0.6) is 0 Å². The van der Waals surface area contributed by atoms with Crippen molar-refractivity contribution in [2.45, 2.75) is 38.6 Å². The number of nitrogens with one attached hydrogen (secondary N) is 1. The molecule has 1 unspecified atom stereocenters. The van der Waals surface area contributed by atoms with E-state index in [2.05, 4.69) is 17.1 Å². The van der Waals surface area contributed by atoms with E-state index in [4.69, 9.17) is 4.74 Å². The van der Waals surface area contributed by atoms with Gasteiger partial charge in [0.2, 0.25) is 0 Å². The predicted octanol–water partition coefficient (Wildman–Crippen LogP) is 1.49. The van der Waals surface area contributed by atoms with Crippen LogP contribution in [-0.4, -0.2) is 50.3 Å². The Morgan fingerprint density at radius 2 is 2.06 bits per heavy atom. The summed E-state index contributed by atoms with van der Waals surface area (Å²) < 4.78 is 5.45. The maximum absolute atomic E-state index is 5.45. The van der Waals surface area contributed by atoms with Crippen molar-refractivity contribution in [2.24, 2.45) is 5.92 Å². The number of hydrogen-bond acceptors (Lipinski definition) is 3. The van der Waals surface area contributed by atoms with Crippen molar-refractivity contribution in [3.8, 4) is 0 Å². The molecule has 2 rings (SSSR count). The molecule has 2 fully saturated rings. The van der Waals surface area contributed by atoms with Crippen LogP contribution >= 0.6 is 0 Å². The Balaban J connectivity index is 1.78. The summed E-state index contributed by atoms with van der Waals surface area (Å²) in [6, 6.07) is 0.778. The molecule has 0 saturated carbocycles. The van der Waals surface area contributed by atoms with Gasteiger partial charge in [0.15, 0.2) is 0 Å². The third-order valence-corrected chi connectivity index (χ3v) is 4.01. The molecule has 0 aromatic heterocycles. The summed E-state index contributed by atoms with van der Waals surface area (Å²) in [6.45, 7) is 9.15. The second-order valence-electron chi connectivity index (χ2n) is 5.14. The molecule has 3 nitrogen and oxygen atoms in total. The monoisotopic (exact) mass is 226 g/mol. The topological polar surface area (TPSA) is 24.5 Å². The Kier molecular flexibility index (Phi) is 5.07. The summed E-state index contributed by atoms with van der Waals surface area (Å²) in [5.41, 5.74) is 0. The Morgan fingerprint density at radius 3 is 2.69 bits per heavy atom. The van der Waals surface area contributed by atoms with Crippen molar-refractivity contribution in [2.75, 3.05) is 39.4 Å². The van der Waals surface area contributed by atoms with E-state index in [9.17, 15) is 0 Å². The first kappa shape index (κ1) is 12.3. The summed E-state index contributed by atoms with van der Waals surface area (Å²) in [7, 11) is 0. The van der Waals surface area contributed by atoms with Crippen LogP contribution in [0, 0.1) is 5.92 Å². The number of hydrogen-bond donors (Lipinski definition) is 1. The van der Waals surface area contributed by atoms with Crippen LogP contribution in [0.4, 0.5) is 0 Å². The first-order valence-electron chi connectivity index (χ1n) is 6.92. The highest BCUT2D eigenvalue weighted by molar-refractivity contribution is 4.78. The number of nitrogens with zero attached hydrogens (tertiary/aromatic N) is 1. The van der Waals surface area contributed by atoms with Crippen molar-refractivity contribution in [3.63, 3.8) is 0 Å². The number of piperidine rings is 1. The molecule has 0 amide bonds. The summed E-state index contributed by atoms with van der Waals surface area (Å²) in [5.74, 6) is 0.872. The van der Waals surface area contributed by atoms with Gasteiger partial charge in [0.05, 0.1) is 0 Å². The van der Waals surface area contributed by atoms with Crippen molar-refractivity contribution in [1.82, 2.24) is 10.2 Å². The van der Waals surface area contributed by atoms with E-state index in [0.29, 0.717) is 0 Å². The van der Waals surface area contributed by atoms with E-state index in [1.165, 1.54) is 51.9 Å². The molecule has 0 aromatic rings. The van der Waals surface area contributed by atoms with Gasteiger partial charge in [-0.05, 0) is 51.2 Å². The Bertz CT molecular complexity index is 186. The van der Waals surface area contributed by atoms with Crippen LogP contribution in [0.15, 0.2) is 0 Å². The zero-order chi connectivity index (χ0) is 11.2. The Morgan fingerprint density at radius 1 is 1.25 bits per heavy atom. The maximum atomic E-state index is 5.45. The zero-order valence-corrected chi connectivity index (χ0v) is 10.6. The van der Waals surface area contributed by atoms with Gasteiger partial charge in [-0.2, -0.15) is 0 Å². The first-order chi connectivity index (χ1) is 7.90. The lowest BCUT2D eigenvalue weighted by molar-refractivity contribution is 0.0289. The van der Waals surface area contributed by atoms with Crippen molar-refractivity contribution < 1.29 is 4.74 Å². The summed E-state index contributed by atoms with van der Waals surface area (Å²) >= 11 is 0. The van der Waals surface area contributed by atoms with E-state index in [1.807, 2.05) is 0 Å². The molecule has 16 heavy (non-hydrogen) atoms. The van der Waals surface area contributed by atoms with Crippen LogP contribution in [0.3, 0.4) is 0 Å². The predicted molar refractivity (Wildman–Crippen MR) is 66.7 cm³/mol. The second kappa shape index (κ2) is 6.58. The van der Waals surface area contributed by atoms with E-state index in [1.54, 1.807) is 0 Å². The van der Waals surface area contributed by atoms with E-state index in [0.717, 1.165) is 25.2 Å². The Hall–Kier alpha value is -0.120. The molecule has 1 N–H and O–H groups in total. The van der Waals surface area contributed by atoms with Crippen molar-refractivity contribution in [3.05, 3.63) is 0 Å². The minimum absolute atomic E-state index is 0.778. The second-order valence-corrected chi connectivity index (χ2v) is 5.14. The van der Waals surface area contributed by atoms with E-state index < -0.39 is 0 Å². The van der Waals surface area contributed by atoms with Crippen LogP contribution in [0.2, 0.25) is 0 Å². The normalized spacial score (nSPS) is 28.5. The molecule has 2 heterocycles. The molecular formula is C13H26N2O. The lowest BCUT2D eigenvalue weighted by atomic mass is 9.97. The van der Waals surface area contributed by atoms with Crippen molar-refractivity contribution >= 4 is 0 Å². The Labute approximate surface area is 99.5 Å². The van der Waals surface area contributed by atoms with Crippen LogP contribution in [0.1, 0.15) is 32.6 Å². The standard InChI is InChI=1S/C13H26N2O/c1-2-15(13-5-8-16-9-6-13)11-12-4-3-7-14-10-12/h12-14H,2-11H2,1H3. The SMILES string of the molecule is CCN(CC1CCCNC1)C1CCOCC1. The first-order valence-corrected chi connectivity index (χ1v) is 6.92. The van der Waals surface area contributed by atoms with E-state index in [-0.39, 0.29) is 0 Å². The van der Waals surface area contributed by atoms with Gasteiger partial charge in [-0.25, -0.2) is 0 Å². The maximum Gasteiger partial charge on any atom is 0.0480 e. The van der Waals surface area contributed by atoms with Gasteiger partial charge in [-0.3, -0.25) is 0 Å². The number of ether oxygens (including phenoxy) is 1. The summed E-state index contributed by atoms with van der Waals surface area (Å²) in [4.78, 5) is 2.68. The molecule has 0 spiro atoms. The smallest absolute Gasteiger partial charge is 0.0480 e. The highest BCUT2D eigenvalue weighted by atomic mass is 16.5. The molecule has 3 heteroatoms. The lowest BCUT2D eigenvalue weighted by Crippen LogP contribution is -2.45. The van der Waals surface area contributed by atoms with Crippen LogP contribution < -0.4 is 5.32 Å². The van der Waals surface area contributed by atoms with Gasteiger partial charge in [0, 0.05) is 25.8 Å². The average molecular weight is 226 g/mol. The zero-order valence-electron chi connectivity index (χ0n) is 10.6. The number of rotatable bonds is 4. The van der Waals surface area contributed by atoms with Gasteiger partial charge in [0.1, 0.15) is 0 Å². The van der Waals surface area contributed by atoms with Crippen LogP contribution in [-0.2, 0) is 4.74 Å². The molecule has 0 aliphatic carbocycles. The molecule has 0 aromatic carbocycles. The average Bonchev–Trinajstić information content (AvgIpc) is 2.38. The molecule has 0 bridgehead atoms. The highest BCUT2D eigenvalue weighted by Gasteiger charge is 2.23. The third kappa shape index (κ3) is 3.44. The van der Waals surface area contributed by atoms with E-state index >= 15 is 0 Å². The van der Waals surface area contributed by atoms with Gasteiger partial charge >= 0.3 is 0 Å². The molecule has 1 atom stereocenters. The minimum atomic E-state index is 0.778.